The molecule has 0 radical (unpaired) electrons. The van der Waals surface area contributed by atoms with Crippen molar-refractivity contribution in [3.8, 4) is 5.75 Å². The van der Waals surface area contributed by atoms with Crippen LogP contribution in [-0.4, -0.2) is 23.5 Å². The van der Waals surface area contributed by atoms with Crippen LogP contribution in [0, 0.1) is 5.92 Å². The van der Waals surface area contributed by atoms with Crippen molar-refractivity contribution < 1.29 is 19.4 Å². The lowest BCUT2D eigenvalue weighted by Crippen LogP contribution is -2.07. The van der Waals surface area contributed by atoms with Crippen LogP contribution in [0.2, 0.25) is 0 Å². The largest absolute Gasteiger partial charge is 0.493 e. The van der Waals surface area contributed by atoms with Crippen molar-refractivity contribution in [2.45, 2.75) is 20.3 Å². The third-order valence-corrected chi connectivity index (χ3v) is 2.25. The molecule has 0 heterocycles. The SMILES string of the molecule is CC(C)C(=O)c1ccc(OCCC(=O)O)cc1. The van der Waals surface area contributed by atoms with E-state index in [0.717, 1.165) is 0 Å². The molecule has 0 fully saturated rings. The van der Waals surface area contributed by atoms with E-state index in [1.807, 2.05) is 13.8 Å². The van der Waals surface area contributed by atoms with Gasteiger partial charge in [0.05, 0.1) is 13.0 Å². The minimum atomic E-state index is -0.892. The lowest BCUT2D eigenvalue weighted by atomic mass is 10.0. The van der Waals surface area contributed by atoms with Crippen LogP contribution in [0.4, 0.5) is 0 Å². The molecule has 0 aliphatic rings. The van der Waals surface area contributed by atoms with Gasteiger partial charge < -0.3 is 9.84 Å². The van der Waals surface area contributed by atoms with Crippen molar-refractivity contribution in [1.29, 1.82) is 0 Å². The summed E-state index contributed by atoms with van der Waals surface area (Å²) in [4.78, 5) is 21.9. The number of hydrogen-bond acceptors (Lipinski definition) is 3. The number of carbonyl (C=O) groups is 2. The summed E-state index contributed by atoms with van der Waals surface area (Å²) in [5.74, 6) is -0.265. The first-order valence-electron chi connectivity index (χ1n) is 5.49. The fraction of sp³-hybridized carbons (Fsp3) is 0.385. The monoisotopic (exact) mass is 236 g/mol. The van der Waals surface area contributed by atoms with Gasteiger partial charge in [-0.2, -0.15) is 0 Å². The Balaban J connectivity index is 2.56. The van der Waals surface area contributed by atoms with Gasteiger partial charge in [0, 0.05) is 11.5 Å². The van der Waals surface area contributed by atoms with Crippen LogP contribution in [0.5, 0.6) is 5.75 Å². The van der Waals surface area contributed by atoms with Gasteiger partial charge in [0.2, 0.25) is 0 Å². The molecule has 1 N–H and O–H groups in total. The molecule has 0 bridgehead atoms. The maximum absolute atomic E-state index is 11.6. The van der Waals surface area contributed by atoms with Crippen molar-refractivity contribution in [2.75, 3.05) is 6.61 Å². The second-order valence-corrected chi connectivity index (χ2v) is 4.04. The molecule has 4 heteroatoms. The van der Waals surface area contributed by atoms with Gasteiger partial charge in [0.25, 0.3) is 0 Å². The lowest BCUT2D eigenvalue weighted by molar-refractivity contribution is -0.137. The molecule has 92 valence electrons. The Bertz CT molecular complexity index is 392. The number of aliphatic carboxylic acids is 1. The Morgan fingerprint density at radius 2 is 1.82 bits per heavy atom. The van der Waals surface area contributed by atoms with E-state index < -0.39 is 5.97 Å². The maximum atomic E-state index is 11.6. The summed E-state index contributed by atoms with van der Waals surface area (Å²) in [6.45, 7) is 3.83. The average molecular weight is 236 g/mol. The van der Waals surface area contributed by atoms with E-state index in [1.54, 1.807) is 24.3 Å². The quantitative estimate of drug-likeness (QED) is 0.770. The topological polar surface area (TPSA) is 63.6 Å². The van der Waals surface area contributed by atoms with E-state index in [9.17, 15) is 9.59 Å². The third kappa shape index (κ3) is 4.26. The molecule has 1 rings (SSSR count). The normalized spacial score (nSPS) is 10.3. The molecule has 0 saturated heterocycles. The molecular weight excluding hydrogens is 220 g/mol. The smallest absolute Gasteiger partial charge is 0.306 e. The first-order valence-corrected chi connectivity index (χ1v) is 5.49. The van der Waals surface area contributed by atoms with Gasteiger partial charge in [-0.1, -0.05) is 13.8 Å². The molecule has 1 aromatic carbocycles. The second kappa shape index (κ2) is 6.03. The van der Waals surface area contributed by atoms with E-state index in [1.165, 1.54) is 0 Å². The highest BCUT2D eigenvalue weighted by Crippen LogP contribution is 2.15. The summed E-state index contributed by atoms with van der Waals surface area (Å²) < 4.78 is 5.22. The summed E-state index contributed by atoms with van der Waals surface area (Å²) in [6.07, 6.45) is -0.0350. The van der Waals surface area contributed by atoms with Crippen LogP contribution < -0.4 is 4.74 Å². The molecule has 0 aliphatic carbocycles. The van der Waals surface area contributed by atoms with Crippen LogP contribution in [0.1, 0.15) is 30.6 Å². The Hall–Kier alpha value is -1.84. The molecular formula is C13H16O4. The number of carboxylic acids is 1. The highest BCUT2D eigenvalue weighted by molar-refractivity contribution is 5.97. The maximum Gasteiger partial charge on any atom is 0.306 e. The zero-order chi connectivity index (χ0) is 12.8. The molecule has 17 heavy (non-hydrogen) atoms. The summed E-state index contributed by atoms with van der Waals surface area (Å²) >= 11 is 0. The van der Waals surface area contributed by atoms with Crippen LogP contribution in [0.25, 0.3) is 0 Å². The number of ketones is 1. The molecule has 0 unspecified atom stereocenters. The average Bonchev–Trinajstić information content (AvgIpc) is 2.28. The van der Waals surface area contributed by atoms with Gasteiger partial charge in [-0.15, -0.1) is 0 Å². The first-order chi connectivity index (χ1) is 8.00. The Kier molecular flexibility index (Phi) is 4.69. The van der Waals surface area contributed by atoms with Crippen LogP contribution in [0.3, 0.4) is 0 Å². The zero-order valence-corrected chi connectivity index (χ0v) is 9.97. The zero-order valence-electron chi connectivity index (χ0n) is 9.97. The Labute approximate surface area is 100 Å². The van der Waals surface area contributed by atoms with Crippen LogP contribution >= 0.6 is 0 Å². The van der Waals surface area contributed by atoms with Crippen molar-refractivity contribution in [1.82, 2.24) is 0 Å². The number of carbonyl (C=O) groups excluding carboxylic acids is 1. The third-order valence-electron chi connectivity index (χ3n) is 2.25. The standard InChI is InChI=1S/C13H16O4/c1-9(2)13(16)10-3-5-11(6-4-10)17-8-7-12(14)15/h3-6,9H,7-8H2,1-2H3,(H,14,15). The minimum absolute atomic E-state index is 0.0335. The van der Waals surface area contributed by atoms with Crippen molar-refractivity contribution in [3.05, 3.63) is 29.8 Å². The number of carboxylic acid groups (broad SMARTS) is 1. The number of hydrogen-bond donors (Lipinski definition) is 1. The lowest BCUT2D eigenvalue weighted by Gasteiger charge is -2.07. The van der Waals surface area contributed by atoms with E-state index in [4.69, 9.17) is 9.84 Å². The molecule has 0 spiro atoms. The number of ether oxygens (including phenoxy) is 1. The van der Waals surface area contributed by atoms with Crippen LogP contribution in [0.15, 0.2) is 24.3 Å². The van der Waals surface area contributed by atoms with E-state index in [2.05, 4.69) is 0 Å². The fourth-order valence-corrected chi connectivity index (χ4v) is 1.30. The molecule has 0 aromatic heterocycles. The van der Waals surface area contributed by atoms with Gasteiger partial charge in [-0.3, -0.25) is 9.59 Å². The van der Waals surface area contributed by atoms with Gasteiger partial charge in [0.15, 0.2) is 5.78 Å². The molecule has 0 aliphatic heterocycles. The molecule has 4 nitrogen and oxygen atoms in total. The summed E-state index contributed by atoms with van der Waals surface area (Å²) in [6, 6.07) is 6.74. The van der Waals surface area contributed by atoms with E-state index >= 15 is 0 Å². The Morgan fingerprint density at radius 3 is 2.29 bits per heavy atom. The molecule has 0 atom stereocenters. The van der Waals surface area contributed by atoms with Crippen molar-refractivity contribution in [3.63, 3.8) is 0 Å². The predicted molar refractivity (Wildman–Crippen MR) is 63.4 cm³/mol. The Morgan fingerprint density at radius 1 is 1.24 bits per heavy atom. The minimum Gasteiger partial charge on any atom is -0.493 e. The second-order valence-electron chi connectivity index (χ2n) is 4.04. The summed E-state index contributed by atoms with van der Waals surface area (Å²) in [5, 5.41) is 8.44. The fourth-order valence-electron chi connectivity index (χ4n) is 1.30. The highest BCUT2D eigenvalue weighted by atomic mass is 16.5. The predicted octanol–water partition coefficient (Wildman–Crippen LogP) is 2.38. The summed E-state index contributed by atoms with van der Waals surface area (Å²) in [5.41, 5.74) is 0.644. The van der Waals surface area contributed by atoms with E-state index in [0.29, 0.717) is 11.3 Å². The van der Waals surface area contributed by atoms with Crippen LogP contribution in [-0.2, 0) is 4.79 Å². The number of benzene rings is 1. The van der Waals surface area contributed by atoms with Gasteiger partial charge in [-0.25, -0.2) is 0 Å². The number of rotatable bonds is 6. The molecule has 0 saturated carbocycles. The van der Waals surface area contributed by atoms with E-state index in [-0.39, 0.29) is 24.7 Å². The number of Topliss-reactive ketones (excluding diaryl/α,β-unsaturated/α-hetero) is 1. The van der Waals surface area contributed by atoms with Gasteiger partial charge >= 0.3 is 5.97 Å². The molecule has 0 amide bonds. The first kappa shape index (κ1) is 13.2. The van der Waals surface area contributed by atoms with Crippen molar-refractivity contribution >= 4 is 11.8 Å². The highest BCUT2D eigenvalue weighted by Gasteiger charge is 2.09. The van der Waals surface area contributed by atoms with Gasteiger partial charge in [-0.05, 0) is 24.3 Å². The van der Waals surface area contributed by atoms with Crippen molar-refractivity contribution in [2.24, 2.45) is 5.92 Å². The summed E-state index contributed by atoms with van der Waals surface area (Å²) in [7, 11) is 0. The van der Waals surface area contributed by atoms with Gasteiger partial charge in [0.1, 0.15) is 5.75 Å². The molecule has 1 aromatic rings.